The van der Waals surface area contributed by atoms with E-state index in [1.165, 1.54) is 0 Å². The zero-order chi connectivity index (χ0) is 11.1. The van der Waals surface area contributed by atoms with Crippen molar-refractivity contribution in [1.29, 1.82) is 0 Å². The van der Waals surface area contributed by atoms with Crippen LogP contribution in [0.25, 0.3) is 0 Å². The van der Waals surface area contributed by atoms with Gasteiger partial charge in [0.1, 0.15) is 4.66 Å². The standard InChI is InChI=1S/C9H17BrN2O2S/c1-11-4-2-9(6-11)3-5-12(7-9)15(13,14)8-10/h2-8H2,1H3. The van der Waals surface area contributed by atoms with Crippen molar-refractivity contribution in [2.24, 2.45) is 5.41 Å². The van der Waals surface area contributed by atoms with Gasteiger partial charge < -0.3 is 4.90 Å². The van der Waals surface area contributed by atoms with Crippen LogP contribution in [-0.2, 0) is 10.0 Å². The van der Waals surface area contributed by atoms with Crippen molar-refractivity contribution in [3.8, 4) is 0 Å². The van der Waals surface area contributed by atoms with Crippen molar-refractivity contribution >= 4 is 26.0 Å². The topological polar surface area (TPSA) is 40.6 Å². The minimum Gasteiger partial charge on any atom is -0.306 e. The van der Waals surface area contributed by atoms with Crippen LogP contribution in [0.2, 0.25) is 0 Å². The summed E-state index contributed by atoms with van der Waals surface area (Å²) in [6.45, 7) is 3.55. The Bertz CT molecular complexity index is 346. The Morgan fingerprint density at radius 1 is 1.27 bits per heavy atom. The molecular weight excluding hydrogens is 280 g/mol. The number of nitrogens with zero attached hydrogens (tertiary/aromatic N) is 2. The van der Waals surface area contributed by atoms with E-state index in [0.29, 0.717) is 13.1 Å². The first kappa shape index (κ1) is 11.8. The van der Waals surface area contributed by atoms with Gasteiger partial charge in [-0.3, -0.25) is 0 Å². The van der Waals surface area contributed by atoms with Gasteiger partial charge in [0, 0.05) is 19.6 Å². The number of likely N-dealkylation sites (tertiary alicyclic amines) is 1. The molecule has 0 aromatic rings. The molecule has 0 aromatic heterocycles. The maximum Gasteiger partial charge on any atom is 0.224 e. The number of hydrogen-bond donors (Lipinski definition) is 0. The third kappa shape index (κ3) is 2.23. The quantitative estimate of drug-likeness (QED) is 0.704. The van der Waals surface area contributed by atoms with Gasteiger partial charge in [0.25, 0.3) is 0 Å². The first-order chi connectivity index (χ1) is 6.97. The Balaban J connectivity index is 2.07. The maximum atomic E-state index is 11.7. The molecule has 0 saturated carbocycles. The molecule has 1 unspecified atom stereocenters. The smallest absolute Gasteiger partial charge is 0.224 e. The fourth-order valence-corrected chi connectivity index (χ4v) is 4.54. The second-order valence-corrected chi connectivity index (χ2v) is 8.06. The third-order valence-electron chi connectivity index (χ3n) is 3.56. The lowest BCUT2D eigenvalue weighted by Crippen LogP contribution is -2.33. The molecule has 2 aliphatic heterocycles. The zero-order valence-corrected chi connectivity index (χ0v) is 11.3. The van der Waals surface area contributed by atoms with Crippen LogP contribution < -0.4 is 0 Å². The Morgan fingerprint density at radius 2 is 1.93 bits per heavy atom. The highest BCUT2D eigenvalue weighted by Crippen LogP contribution is 2.39. The number of sulfonamides is 1. The molecule has 0 amide bonds. The molecule has 6 heteroatoms. The summed E-state index contributed by atoms with van der Waals surface area (Å²) in [7, 11) is -0.940. The molecule has 2 aliphatic rings. The van der Waals surface area contributed by atoms with Crippen molar-refractivity contribution < 1.29 is 8.42 Å². The summed E-state index contributed by atoms with van der Waals surface area (Å²) in [6.07, 6.45) is 2.15. The summed E-state index contributed by atoms with van der Waals surface area (Å²) in [5, 5.41) is 0. The monoisotopic (exact) mass is 296 g/mol. The molecule has 1 spiro atoms. The van der Waals surface area contributed by atoms with E-state index < -0.39 is 10.0 Å². The predicted molar refractivity (Wildman–Crippen MR) is 63.5 cm³/mol. The van der Waals surface area contributed by atoms with E-state index in [4.69, 9.17) is 0 Å². The van der Waals surface area contributed by atoms with Gasteiger partial charge in [-0.25, -0.2) is 12.7 Å². The van der Waals surface area contributed by atoms with E-state index in [-0.39, 0.29) is 10.1 Å². The molecule has 4 nitrogen and oxygen atoms in total. The molecule has 0 aliphatic carbocycles. The minimum absolute atomic E-state index is 0.0475. The van der Waals surface area contributed by atoms with Crippen LogP contribution in [0.1, 0.15) is 12.8 Å². The van der Waals surface area contributed by atoms with Crippen molar-refractivity contribution in [2.75, 3.05) is 37.9 Å². The Kier molecular flexibility index (Phi) is 3.14. The van der Waals surface area contributed by atoms with Gasteiger partial charge in [-0.1, -0.05) is 15.9 Å². The summed E-state index contributed by atoms with van der Waals surface area (Å²) in [5.41, 5.74) is 0.240. The summed E-state index contributed by atoms with van der Waals surface area (Å²) < 4.78 is 25.1. The molecular formula is C9H17BrN2O2S. The lowest BCUT2D eigenvalue weighted by Gasteiger charge is -2.23. The van der Waals surface area contributed by atoms with E-state index in [1.54, 1.807) is 4.31 Å². The molecule has 2 heterocycles. The summed E-state index contributed by atoms with van der Waals surface area (Å²) in [4.78, 5) is 2.30. The van der Waals surface area contributed by atoms with E-state index in [9.17, 15) is 8.42 Å². The van der Waals surface area contributed by atoms with Gasteiger partial charge >= 0.3 is 0 Å². The van der Waals surface area contributed by atoms with Gasteiger partial charge in [0.15, 0.2) is 0 Å². The molecule has 0 N–H and O–H groups in total. The highest BCUT2D eigenvalue weighted by molar-refractivity contribution is 9.10. The number of rotatable bonds is 2. The van der Waals surface area contributed by atoms with Crippen LogP contribution in [0, 0.1) is 5.41 Å². The van der Waals surface area contributed by atoms with Gasteiger partial charge in [0.2, 0.25) is 10.0 Å². The van der Waals surface area contributed by atoms with E-state index in [1.807, 2.05) is 0 Å². The number of alkyl halides is 1. The summed E-state index contributed by atoms with van der Waals surface area (Å²) >= 11 is 3.05. The van der Waals surface area contributed by atoms with Crippen LogP contribution in [0.5, 0.6) is 0 Å². The fraction of sp³-hybridized carbons (Fsp3) is 1.00. The van der Waals surface area contributed by atoms with Crippen molar-refractivity contribution in [3.05, 3.63) is 0 Å². The lowest BCUT2D eigenvalue weighted by molar-refractivity contribution is 0.294. The normalized spacial score (nSPS) is 34.3. The van der Waals surface area contributed by atoms with Crippen molar-refractivity contribution in [1.82, 2.24) is 9.21 Å². The van der Waals surface area contributed by atoms with Crippen LogP contribution in [0.3, 0.4) is 0 Å². The summed E-state index contributed by atoms with van der Waals surface area (Å²) in [5.74, 6) is 0. The van der Waals surface area contributed by atoms with Gasteiger partial charge in [-0.2, -0.15) is 0 Å². The SMILES string of the molecule is CN1CCC2(CCN(S(=O)(=O)CBr)C2)C1. The van der Waals surface area contributed by atoms with Crippen molar-refractivity contribution in [3.63, 3.8) is 0 Å². The zero-order valence-electron chi connectivity index (χ0n) is 8.95. The Hall–Kier alpha value is 0.350. The van der Waals surface area contributed by atoms with Gasteiger partial charge in [0.05, 0.1) is 0 Å². The Morgan fingerprint density at radius 3 is 2.47 bits per heavy atom. The van der Waals surface area contributed by atoms with Crippen LogP contribution in [0.15, 0.2) is 0 Å². The average Bonchev–Trinajstić information content (AvgIpc) is 2.75. The maximum absolute atomic E-state index is 11.7. The largest absolute Gasteiger partial charge is 0.306 e. The average molecular weight is 297 g/mol. The van der Waals surface area contributed by atoms with E-state index in [0.717, 1.165) is 25.9 Å². The minimum atomic E-state index is -3.05. The third-order valence-corrected chi connectivity index (χ3v) is 6.67. The highest BCUT2D eigenvalue weighted by Gasteiger charge is 2.45. The Labute approximate surface area is 99.8 Å². The van der Waals surface area contributed by atoms with E-state index in [2.05, 4.69) is 27.9 Å². The van der Waals surface area contributed by atoms with E-state index >= 15 is 0 Å². The first-order valence-corrected chi connectivity index (χ1v) is 7.93. The highest BCUT2D eigenvalue weighted by atomic mass is 79.9. The molecule has 0 bridgehead atoms. The molecule has 15 heavy (non-hydrogen) atoms. The molecule has 2 saturated heterocycles. The second-order valence-electron chi connectivity index (χ2n) is 4.79. The number of halogens is 1. The molecule has 0 radical (unpaired) electrons. The van der Waals surface area contributed by atoms with Crippen LogP contribution >= 0.6 is 15.9 Å². The van der Waals surface area contributed by atoms with Crippen LogP contribution in [0.4, 0.5) is 0 Å². The number of hydrogen-bond acceptors (Lipinski definition) is 3. The van der Waals surface area contributed by atoms with Gasteiger partial charge in [-0.05, 0) is 31.8 Å². The van der Waals surface area contributed by atoms with Gasteiger partial charge in [-0.15, -0.1) is 0 Å². The molecule has 2 fully saturated rings. The molecule has 1 atom stereocenters. The molecule has 2 rings (SSSR count). The lowest BCUT2D eigenvalue weighted by atomic mass is 9.87. The summed E-state index contributed by atoms with van der Waals surface area (Å²) in [6, 6.07) is 0. The second kappa shape index (κ2) is 3.98. The first-order valence-electron chi connectivity index (χ1n) is 5.20. The molecule has 88 valence electrons. The fourth-order valence-electron chi connectivity index (χ4n) is 2.69. The predicted octanol–water partition coefficient (Wildman–Crippen LogP) is 0.696. The van der Waals surface area contributed by atoms with Crippen LogP contribution in [-0.4, -0.2) is 55.5 Å². The molecule has 0 aromatic carbocycles. The van der Waals surface area contributed by atoms with Crippen molar-refractivity contribution in [2.45, 2.75) is 12.8 Å².